The summed E-state index contributed by atoms with van der Waals surface area (Å²) in [6, 6.07) is 2.04. The molecule has 1 aromatic heterocycles. The van der Waals surface area contributed by atoms with Crippen LogP contribution >= 0.6 is 15.9 Å². The lowest BCUT2D eigenvalue weighted by molar-refractivity contribution is 0.525. The molecule has 1 aliphatic carbocycles. The molecule has 0 bridgehead atoms. The predicted octanol–water partition coefficient (Wildman–Crippen LogP) is 0.699. The fourth-order valence-corrected chi connectivity index (χ4v) is 2.86. The number of hydrogen-bond donors (Lipinski definition) is 1. The molecule has 0 aromatic carbocycles. The number of rotatable bonds is 0. The molecule has 3 rings (SSSR count). The van der Waals surface area contributed by atoms with E-state index in [4.69, 9.17) is 4.42 Å². The Labute approximate surface area is 84.4 Å². The van der Waals surface area contributed by atoms with Crippen LogP contribution in [0.3, 0.4) is 0 Å². The van der Waals surface area contributed by atoms with Gasteiger partial charge in [0, 0.05) is 17.5 Å². The molecule has 1 aromatic rings. The summed E-state index contributed by atoms with van der Waals surface area (Å²) in [4.78, 5) is 0. The van der Waals surface area contributed by atoms with Crippen molar-refractivity contribution < 1.29 is 4.42 Å². The monoisotopic (exact) mass is 239 g/mol. The van der Waals surface area contributed by atoms with Crippen molar-refractivity contribution >= 4 is 27.7 Å². The van der Waals surface area contributed by atoms with E-state index >= 15 is 0 Å². The molecule has 68 valence electrons. The summed E-state index contributed by atoms with van der Waals surface area (Å²) in [5.41, 5.74) is 2.32. The van der Waals surface area contributed by atoms with E-state index in [0.29, 0.717) is 0 Å². The summed E-state index contributed by atoms with van der Waals surface area (Å²) in [5, 5.41) is 4.65. The molecule has 2 heterocycles. The smallest absolute Gasteiger partial charge is 0.131 e. The Morgan fingerprint density at radius 1 is 1.54 bits per heavy atom. The van der Waals surface area contributed by atoms with Gasteiger partial charge in [-0.2, -0.15) is 0 Å². The molecule has 1 fully saturated rings. The molecular formula is C10H10BrNO. The highest BCUT2D eigenvalue weighted by molar-refractivity contribution is 9.10. The van der Waals surface area contributed by atoms with Crippen molar-refractivity contribution in [1.82, 2.24) is 5.32 Å². The number of nitrogens with one attached hydrogen (secondary N) is 1. The summed E-state index contributed by atoms with van der Waals surface area (Å²) in [7, 11) is 0. The van der Waals surface area contributed by atoms with Gasteiger partial charge in [0.1, 0.15) is 5.42 Å². The quantitative estimate of drug-likeness (QED) is 0.675. The molecule has 1 unspecified atom stereocenters. The third-order valence-corrected chi connectivity index (χ3v) is 3.96. The average molecular weight is 240 g/mol. The van der Waals surface area contributed by atoms with E-state index in [1.165, 1.54) is 10.9 Å². The Kier molecular flexibility index (Phi) is 1.42. The topological polar surface area (TPSA) is 25.2 Å². The summed E-state index contributed by atoms with van der Waals surface area (Å²) >= 11 is 3.80. The molecule has 3 heteroatoms. The van der Waals surface area contributed by atoms with Gasteiger partial charge in [-0.15, -0.1) is 0 Å². The van der Waals surface area contributed by atoms with Gasteiger partial charge in [0.05, 0.1) is 10.6 Å². The molecule has 1 N–H and O–H groups in total. The van der Waals surface area contributed by atoms with Crippen LogP contribution in [0.1, 0.15) is 12.8 Å². The van der Waals surface area contributed by atoms with Gasteiger partial charge < -0.3 is 9.73 Å². The minimum absolute atomic E-state index is 0.157. The van der Waals surface area contributed by atoms with E-state index in [9.17, 15) is 0 Å². The highest BCUT2D eigenvalue weighted by Crippen LogP contribution is 2.38. The Morgan fingerprint density at radius 3 is 3.38 bits per heavy atom. The number of halogens is 1. The van der Waals surface area contributed by atoms with Crippen LogP contribution in [0, 0.1) is 0 Å². The van der Waals surface area contributed by atoms with Crippen LogP contribution in [-0.4, -0.2) is 10.9 Å². The second-order valence-electron chi connectivity index (χ2n) is 3.62. The highest BCUT2D eigenvalue weighted by atomic mass is 79.9. The standard InChI is InChI=1S/C10H10BrNO/c11-10-3-1-8-7(2-6-13-8)9(10)12-5-4-10/h1-2,6,12H,3-5H2. The molecule has 1 atom stereocenters. The highest BCUT2D eigenvalue weighted by Gasteiger charge is 2.37. The maximum Gasteiger partial charge on any atom is 0.131 e. The minimum Gasteiger partial charge on any atom is -0.465 e. The molecule has 2 aliphatic rings. The molecule has 0 spiro atoms. The molecule has 0 radical (unpaired) electrons. The second kappa shape index (κ2) is 2.41. The molecule has 1 aliphatic heterocycles. The average Bonchev–Trinajstić information content (AvgIpc) is 2.66. The van der Waals surface area contributed by atoms with Gasteiger partial charge >= 0.3 is 0 Å². The van der Waals surface area contributed by atoms with E-state index in [0.717, 1.165) is 24.8 Å². The molecule has 2 nitrogen and oxygen atoms in total. The third-order valence-electron chi connectivity index (χ3n) is 2.85. The van der Waals surface area contributed by atoms with Gasteiger partial charge in [0.25, 0.3) is 0 Å². The Balaban J connectivity index is 2.41. The largest absolute Gasteiger partial charge is 0.465 e. The minimum atomic E-state index is 0.157. The van der Waals surface area contributed by atoms with Gasteiger partial charge in [0.15, 0.2) is 0 Å². The molecule has 0 saturated carbocycles. The fraction of sp³-hybridized carbons (Fsp3) is 0.400. The summed E-state index contributed by atoms with van der Waals surface area (Å²) in [5.74, 6) is 0. The number of alkyl halides is 1. The van der Waals surface area contributed by atoms with E-state index in [-0.39, 0.29) is 4.32 Å². The lowest BCUT2D eigenvalue weighted by atomic mass is 9.96. The van der Waals surface area contributed by atoms with Crippen molar-refractivity contribution in [3.05, 3.63) is 23.0 Å². The van der Waals surface area contributed by atoms with Crippen molar-refractivity contribution in [3.63, 3.8) is 0 Å². The Hall–Kier alpha value is -0.700. The number of hydrogen-bond acceptors (Lipinski definition) is 2. The van der Waals surface area contributed by atoms with Gasteiger partial charge in [0.2, 0.25) is 0 Å². The number of fused-ring (bicyclic) bond motifs is 2. The maximum atomic E-state index is 5.37. The lowest BCUT2D eigenvalue weighted by Gasteiger charge is -2.22. The van der Waals surface area contributed by atoms with E-state index in [1.54, 1.807) is 6.26 Å². The summed E-state index contributed by atoms with van der Waals surface area (Å²) in [6.45, 7) is 1.05. The molecule has 1 saturated heterocycles. The summed E-state index contributed by atoms with van der Waals surface area (Å²) < 4.78 is 5.53. The van der Waals surface area contributed by atoms with Crippen molar-refractivity contribution in [2.75, 3.05) is 6.54 Å². The van der Waals surface area contributed by atoms with Crippen LogP contribution < -0.4 is 16.0 Å². The Morgan fingerprint density at radius 2 is 2.46 bits per heavy atom. The molecular weight excluding hydrogens is 230 g/mol. The summed E-state index contributed by atoms with van der Waals surface area (Å²) in [6.07, 6.45) is 6.10. The van der Waals surface area contributed by atoms with Crippen LogP contribution in [0.2, 0.25) is 0 Å². The van der Waals surface area contributed by atoms with E-state index in [1.807, 2.05) is 6.07 Å². The fourth-order valence-electron chi connectivity index (χ4n) is 2.15. The van der Waals surface area contributed by atoms with Crippen LogP contribution in [0.15, 0.2) is 16.7 Å². The first-order chi connectivity index (χ1) is 6.30. The van der Waals surface area contributed by atoms with Crippen molar-refractivity contribution in [3.8, 4) is 0 Å². The molecule has 13 heavy (non-hydrogen) atoms. The second-order valence-corrected chi connectivity index (χ2v) is 5.14. The van der Waals surface area contributed by atoms with Gasteiger partial charge in [-0.1, -0.05) is 15.9 Å². The van der Waals surface area contributed by atoms with Crippen LogP contribution in [-0.2, 0) is 0 Å². The first-order valence-electron chi connectivity index (χ1n) is 4.51. The van der Waals surface area contributed by atoms with Crippen molar-refractivity contribution in [2.45, 2.75) is 17.2 Å². The zero-order chi connectivity index (χ0) is 8.89. The van der Waals surface area contributed by atoms with Crippen molar-refractivity contribution in [2.24, 2.45) is 0 Å². The van der Waals surface area contributed by atoms with Gasteiger partial charge in [-0.3, -0.25) is 0 Å². The van der Waals surface area contributed by atoms with Crippen molar-refractivity contribution in [1.29, 1.82) is 0 Å². The first-order valence-corrected chi connectivity index (χ1v) is 5.30. The zero-order valence-corrected chi connectivity index (χ0v) is 8.73. The Bertz CT molecular complexity index is 462. The van der Waals surface area contributed by atoms with E-state index in [2.05, 4.69) is 27.3 Å². The maximum absolute atomic E-state index is 5.37. The van der Waals surface area contributed by atoms with Crippen LogP contribution in [0.5, 0.6) is 0 Å². The first kappa shape index (κ1) is 7.68. The SMILES string of the molecule is BrC12CC=c3occc3=C1NCC2. The van der Waals surface area contributed by atoms with Gasteiger partial charge in [-0.05, 0) is 25.0 Å². The van der Waals surface area contributed by atoms with E-state index < -0.39 is 0 Å². The zero-order valence-electron chi connectivity index (χ0n) is 7.14. The van der Waals surface area contributed by atoms with Crippen LogP contribution in [0.25, 0.3) is 11.8 Å². The number of furan rings is 1. The van der Waals surface area contributed by atoms with Gasteiger partial charge in [-0.25, -0.2) is 0 Å². The predicted molar refractivity (Wildman–Crippen MR) is 54.7 cm³/mol. The normalized spacial score (nSPS) is 30.4. The van der Waals surface area contributed by atoms with Crippen LogP contribution in [0.4, 0.5) is 0 Å². The molecule has 0 amide bonds. The lowest BCUT2D eigenvalue weighted by Crippen LogP contribution is -2.37. The third kappa shape index (κ3) is 0.937.